The fourth-order valence-corrected chi connectivity index (χ4v) is 3.88. The van der Waals surface area contributed by atoms with Gasteiger partial charge in [0.1, 0.15) is 0 Å². The molecule has 7 nitrogen and oxygen atoms in total. The van der Waals surface area contributed by atoms with Gasteiger partial charge in [-0.3, -0.25) is 9.59 Å². The third-order valence-electron chi connectivity index (χ3n) is 4.28. The second kappa shape index (κ2) is 7.18. The number of nitrogens with zero attached hydrogens (tertiary/aromatic N) is 1. The number of ether oxygens (including phenoxy) is 1. The van der Waals surface area contributed by atoms with Gasteiger partial charge in [-0.1, -0.05) is 11.3 Å². The highest BCUT2D eigenvalue weighted by Crippen LogP contribution is 2.33. The molecule has 8 heteroatoms. The number of benzene rings is 1. The van der Waals surface area contributed by atoms with Gasteiger partial charge in [0, 0.05) is 5.92 Å². The molecule has 0 saturated heterocycles. The van der Waals surface area contributed by atoms with Gasteiger partial charge in [0.2, 0.25) is 5.91 Å². The number of anilines is 1. The van der Waals surface area contributed by atoms with E-state index in [1.165, 1.54) is 11.3 Å². The minimum absolute atomic E-state index is 0.201. The first-order valence-corrected chi connectivity index (χ1v) is 8.91. The normalized spacial score (nSPS) is 19.7. The van der Waals surface area contributed by atoms with Gasteiger partial charge in [-0.15, -0.1) is 0 Å². The number of hydrogen-bond acceptors (Lipinski definition) is 6. The number of thiazole rings is 1. The second-order valence-electron chi connectivity index (χ2n) is 5.96. The molecule has 0 bridgehead atoms. The Morgan fingerprint density at radius 3 is 2.76 bits per heavy atom. The van der Waals surface area contributed by atoms with Gasteiger partial charge >= 0.3 is 11.9 Å². The molecule has 2 aromatic rings. The van der Waals surface area contributed by atoms with Crippen molar-refractivity contribution in [1.82, 2.24) is 4.98 Å². The van der Waals surface area contributed by atoms with Crippen molar-refractivity contribution in [3.05, 3.63) is 23.8 Å². The molecule has 1 aliphatic rings. The SMILES string of the molecule is CCOC(=O)c1ccc2nc(NC(=O)[C@H]3CC[C@H](C(=O)O)C3)sc2c1. The molecular weight excluding hydrogens is 344 g/mol. The lowest BCUT2D eigenvalue weighted by atomic mass is 10.0. The molecule has 3 rings (SSSR count). The minimum Gasteiger partial charge on any atom is -0.481 e. The van der Waals surface area contributed by atoms with Gasteiger partial charge in [-0.2, -0.15) is 0 Å². The van der Waals surface area contributed by atoms with E-state index in [-0.39, 0.29) is 11.8 Å². The number of carboxylic acids is 1. The lowest BCUT2D eigenvalue weighted by Gasteiger charge is -2.08. The quantitative estimate of drug-likeness (QED) is 0.792. The monoisotopic (exact) mass is 362 g/mol. The van der Waals surface area contributed by atoms with Crippen LogP contribution in [0.4, 0.5) is 5.13 Å². The van der Waals surface area contributed by atoms with Crippen molar-refractivity contribution in [2.45, 2.75) is 26.2 Å². The smallest absolute Gasteiger partial charge is 0.338 e. The van der Waals surface area contributed by atoms with E-state index in [1.54, 1.807) is 25.1 Å². The number of carbonyl (C=O) groups excluding carboxylic acids is 2. The maximum absolute atomic E-state index is 12.3. The zero-order chi connectivity index (χ0) is 18.0. The molecule has 1 saturated carbocycles. The fourth-order valence-electron chi connectivity index (χ4n) is 2.97. The van der Waals surface area contributed by atoms with Gasteiger partial charge in [0.05, 0.1) is 28.3 Å². The summed E-state index contributed by atoms with van der Waals surface area (Å²) < 4.78 is 5.75. The molecule has 1 aliphatic carbocycles. The van der Waals surface area contributed by atoms with Crippen molar-refractivity contribution < 1.29 is 24.2 Å². The summed E-state index contributed by atoms with van der Waals surface area (Å²) in [6.07, 6.45) is 1.45. The van der Waals surface area contributed by atoms with Gasteiger partial charge < -0.3 is 15.2 Å². The van der Waals surface area contributed by atoms with E-state index in [1.807, 2.05) is 0 Å². The first-order valence-electron chi connectivity index (χ1n) is 8.09. The van der Waals surface area contributed by atoms with E-state index in [0.29, 0.717) is 42.1 Å². The van der Waals surface area contributed by atoms with Crippen LogP contribution in [0.3, 0.4) is 0 Å². The highest BCUT2D eigenvalue weighted by Gasteiger charge is 2.34. The van der Waals surface area contributed by atoms with E-state index in [4.69, 9.17) is 9.84 Å². The molecule has 2 N–H and O–H groups in total. The molecule has 2 atom stereocenters. The van der Waals surface area contributed by atoms with Crippen LogP contribution in [0, 0.1) is 11.8 Å². The summed E-state index contributed by atoms with van der Waals surface area (Å²) in [5.74, 6) is -2.19. The van der Waals surface area contributed by atoms with E-state index in [9.17, 15) is 14.4 Å². The number of amides is 1. The summed E-state index contributed by atoms with van der Waals surface area (Å²) >= 11 is 1.27. The van der Waals surface area contributed by atoms with Crippen molar-refractivity contribution in [3.8, 4) is 0 Å². The molecule has 1 fully saturated rings. The molecule has 25 heavy (non-hydrogen) atoms. The highest BCUT2D eigenvalue weighted by atomic mass is 32.1. The van der Waals surface area contributed by atoms with E-state index in [2.05, 4.69) is 10.3 Å². The summed E-state index contributed by atoms with van der Waals surface area (Å²) in [6, 6.07) is 5.04. The zero-order valence-electron chi connectivity index (χ0n) is 13.7. The topological polar surface area (TPSA) is 106 Å². The van der Waals surface area contributed by atoms with Gasteiger partial charge in [0.15, 0.2) is 5.13 Å². The summed E-state index contributed by atoms with van der Waals surface area (Å²) in [6.45, 7) is 2.05. The number of rotatable bonds is 5. The molecule has 0 radical (unpaired) electrons. The molecule has 0 aliphatic heterocycles. The second-order valence-corrected chi connectivity index (χ2v) is 6.99. The molecule has 0 spiro atoms. The minimum atomic E-state index is -0.846. The summed E-state index contributed by atoms with van der Waals surface area (Å²) in [5.41, 5.74) is 1.12. The van der Waals surface area contributed by atoms with Crippen LogP contribution in [0.25, 0.3) is 10.2 Å². The Morgan fingerprint density at radius 2 is 2.08 bits per heavy atom. The number of esters is 1. The van der Waals surface area contributed by atoms with Crippen molar-refractivity contribution in [3.63, 3.8) is 0 Å². The van der Waals surface area contributed by atoms with Crippen LogP contribution in [-0.2, 0) is 14.3 Å². The van der Waals surface area contributed by atoms with Gasteiger partial charge in [-0.25, -0.2) is 9.78 Å². The van der Waals surface area contributed by atoms with Crippen LogP contribution in [0.2, 0.25) is 0 Å². The van der Waals surface area contributed by atoms with Crippen molar-refractivity contribution in [2.24, 2.45) is 11.8 Å². The molecule has 1 aromatic heterocycles. The summed E-state index contributed by atoms with van der Waals surface area (Å²) in [5, 5.41) is 12.2. The Labute approximate surface area is 148 Å². The predicted octanol–water partition coefficient (Wildman–Crippen LogP) is 2.91. The first kappa shape index (κ1) is 17.3. The maximum Gasteiger partial charge on any atom is 0.338 e. The standard InChI is InChI=1S/C17H18N2O5S/c1-2-24-16(23)11-5-6-12-13(8-11)25-17(18-12)19-14(20)9-3-4-10(7-9)15(21)22/h5-6,8-10H,2-4,7H2,1H3,(H,21,22)(H,18,19,20)/t9-,10-/m0/s1. The predicted molar refractivity (Wildman–Crippen MR) is 92.7 cm³/mol. The lowest BCUT2D eigenvalue weighted by Crippen LogP contribution is -2.21. The van der Waals surface area contributed by atoms with Gasteiger partial charge in [-0.05, 0) is 44.4 Å². The number of nitrogens with one attached hydrogen (secondary N) is 1. The van der Waals surface area contributed by atoms with Crippen LogP contribution < -0.4 is 5.32 Å². The van der Waals surface area contributed by atoms with Crippen molar-refractivity contribution in [1.29, 1.82) is 0 Å². The largest absolute Gasteiger partial charge is 0.481 e. The van der Waals surface area contributed by atoms with E-state index in [0.717, 1.165) is 4.70 Å². The Balaban J connectivity index is 1.71. The molecule has 1 heterocycles. The summed E-state index contributed by atoms with van der Waals surface area (Å²) in [7, 11) is 0. The zero-order valence-corrected chi connectivity index (χ0v) is 14.5. The van der Waals surface area contributed by atoms with Crippen LogP contribution in [0.5, 0.6) is 0 Å². The highest BCUT2D eigenvalue weighted by molar-refractivity contribution is 7.22. The molecular formula is C17H18N2O5S. The fraction of sp³-hybridized carbons (Fsp3) is 0.412. The van der Waals surface area contributed by atoms with Crippen LogP contribution in [-0.4, -0.2) is 34.5 Å². The average Bonchev–Trinajstić information content (AvgIpc) is 3.20. The Morgan fingerprint density at radius 1 is 1.32 bits per heavy atom. The lowest BCUT2D eigenvalue weighted by molar-refractivity contribution is -0.141. The Bertz CT molecular complexity index is 832. The summed E-state index contributed by atoms with van der Waals surface area (Å²) in [4.78, 5) is 39.4. The van der Waals surface area contributed by atoms with Crippen LogP contribution >= 0.6 is 11.3 Å². The van der Waals surface area contributed by atoms with Crippen molar-refractivity contribution >= 4 is 44.5 Å². The van der Waals surface area contributed by atoms with Crippen molar-refractivity contribution in [2.75, 3.05) is 11.9 Å². The molecule has 132 valence electrons. The van der Waals surface area contributed by atoms with Gasteiger partial charge in [0.25, 0.3) is 0 Å². The third-order valence-corrected chi connectivity index (χ3v) is 5.22. The molecule has 1 aromatic carbocycles. The maximum atomic E-state index is 12.3. The number of carbonyl (C=O) groups is 3. The van der Waals surface area contributed by atoms with E-state index < -0.39 is 17.9 Å². The molecule has 0 unspecified atom stereocenters. The third kappa shape index (κ3) is 3.79. The number of fused-ring (bicyclic) bond motifs is 1. The van der Waals surface area contributed by atoms with Crippen LogP contribution in [0.1, 0.15) is 36.5 Å². The van der Waals surface area contributed by atoms with Crippen LogP contribution in [0.15, 0.2) is 18.2 Å². The Hall–Kier alpha value is -2.48. The number of aliphatic carboxylic acids is 1. The number of aromatic nitrogens is 1. The van der Waals surface area contributed by atoms with E-state index >= 15 is 0 Å². The Kier molecular flexibility index (Phi) is 4.98. The number of carboxylic acid groups (broad SMARTS) is 1. The first-order chi connectivity index (χ1) is 12.0. The average molecular weight is 362 g/mol. The molecule has 1 amide bonds. The number of hydrogen-bond donors (Lipinski definition) is 2.